The number of halogens is 2. The van der Waals surface area contributed by atoms with Crippen molar-refractivity contribution in [2.24, 2.45) is 0 Å². The van der Waals surface area contributed by atoms with Crippen LogP contribution in [0.3, 0.4) is 0 Å². The minimum absolute atomic E-state index is 0.167. The second-order valence-corrected chi connectivity index (χ2v) is 4.29. The van der Waals surface area contributed by atoms with Crippen LogP contribution < -0.4 is 5.32 Å². The summed E-state index contributed by atoms with van der Waals surface area (Å²) in [6.45, 7) is 1.75. The molecule has 0 heterocycles. The molecule has 0 radical (unpaired) electrons. The number of hydrogen-bond donors (Lipinski definition) is 2. The van der Waals surface area contributed by atoms with Crippen molar-refractivity contribution in [1.82, 2.24) is 5.32 Å². The molecule has 8 heteroatoms. The van der Waals surface area contributed by atoms with Crippen molar-refractivity contribution >= 4 is 11.6 Å². The van der Waals surface area contributed by atoms with Crippen LogP contribution in [0.5, 0.6) is 0 Å². The molecule has 1 unspecified atom stereocenters. The number of nitro benzene ring substituents is 1. The molecule has 6 nitrogen and oxygen atoms in total. The van der Waals surface area contributed by atoms with Gasteiger partial charge in [0, 0.05) is 6.54 Å². The molecule has 1 aromatic rings. The third-order valence-electron chi connectivity index (χ3n) is 2.56. The molecule has 110 valence electrons. The summed E-state index contributed by atoms with van der Waals surface area (Å²) in [7, 11) is 0. The molecule has 1 amide bonds. The molecule has 1 aromatic carbocycles. The lowest BCUT2D eigenvalue weighted by Crippen LogP contribution is -2.26. The van der Waals surface area contributed by atoms with E-state index in [1.807, 2.05) is 0 Å². The van der Waals surface area contributed by atoms with Crippen LogP contribution in [-0.4, -0.2) is 28.6 Å². The van der Waals surface area contributed by atoms with Gasteiger partial charge in [0.2, 0.25) is 0 Å². The number of aliphatic hydroxyl groups is 1. The molecule has 1 atom stereocenters. The smallest absolute Gasteiger partial charge is 0.285 e. The number of aliphatic hydroxyl groups excluding tert-OH is 1. The van der Waals surface area contributed by atoms with Crippen LogP contribution in [0.25, 0.3) is 0 Å². The van der Waals surface area contributed by atoms with E-state index >= 15 is 0 Å². The van der Waals surface area contributed by atoms with E-state index in [0.29, 0.717) is 25.0 Å². The van der Waals surface area contributed by atoms with Crippen LogP contribution in [0.2, 0.25) is 0 Å². The molecule has 0 saturated heterocycles. The van der Waals surface area contributed by atoms with Crippen LogP contribution in [0.4, 0.5) is 14.5 Å². The Bertz CT molecular complexity index is 520. The van der Waals surface area contributed by atoms with Crippen molar-refractivity contribution in [3.8, 4) is 0 Å². The van der Waals surface area contributed by atoms with E-state index in [0.717, 1.165) is 0 Å². The third kappa shape index (κ3) is 4.23. The minimum atomic E-state index is -1.39. The number of nitrogens with one attached hydrogen (secondary N) is 1. The second kappa shape index (κ2) is 6.90. The van der Waals surface area contributed by atoms with Crippen molar-refractivity contribution in [3.63, 3.8) is 0 Å². The molecular formula is C12H14F2N2O4. The summed E-state index contributed by atoms with van der Waals surface area (Å²) in [6.07, 6.45) is 0.380. The fraction of sp³-hybridized carbons (Fsp3) is 0.417. The fourth-order valence-corrected chi connectivity index (χ4v) is 1.56. The van der Waals surface area contributed by atoms with Gasteiger partial charge in [0.05, 0.1) is 17.1 Å². The number of carbonyl (C=O) groups is 1. The molecule has 0 saturated carbocycles. The van der Waals surface area contributed by atoms with Crippen LogP contribution >= 0.6 is 0 Å². The van der Waals surface area contributed by atoms with Gasteiger partial charge in [-0.2, -0.15) is 0 Å². The SMILES string of the molecule is CC(O)CCCNC(=O)c1cc(F)c(F)cc1[N+](=O)[O-]. The van der Waals surface area contributed by atoms with Crippen LogP contribution in [-0.2, 0) is 0 Å². The van der Waals surface area contributed by atoms with Crippen molar-refractivity contribution in [2.45, 2.75) is 25.9 Å². The number of benzene rings is 1. The summed E-state index contributed by atoms with van der Waals surface area (Å²) in [6, 6.07) is 0.873. The standard InChI is InChI=1S/C12H14F2N2O4/c1-7(17)3-2-4-15-12(18)8-5-9(13)10(14)6-11(8)16(19)20/h5-7,17H,2-4H2,1H3,(H,15,18). The highest BCUT2D eigenvalue weighted by Crippen LogP contribution is 2.22. The number of hydrogen-bond acceptors (Lipinski definition) is 4. The highest BCUT2D eigenvalue weighted by atomic mass is 19.2. The Morgan fingerprint density at radius 1 is 1.45 bits per heavy atom. The van der Waals surface area contributed by atoms with Gasteiger partial charge in [-0.05, 0) is 25.8 Å². The van der Waals surface area contributed by atoms with Gasteiger partial charge in [-0.15, -0.1) is 0 Å². The lowest BCUT2D eigenvalue weighted by atomic mass is 10.1. The topological polar surface area (TPSA) is 92.5 Å². The van der Waals surface area contributed by atoms with E-state index in [4.69, 9.17) is 5.11 Å². The number of nitro groups is 1. The van der Waals surface area contributed by atoms with Gasteiger partial charge in [0.1, 0.15) is 5.56 Å². The summed E-state index contributed by atoms with van der Waals surface area (Å²) in [5, 5.41) is 22.1. The molecule has 0 spiro atoms. The fourth-order valence-electron chi connectivity index (χ4n) is 1.56. The Balaban J connectivity index is 2.81. The number of rotatable bonds is 6. The Morgan fingerprint density at radius 2 is 2.05 bits per heavy atom. The summed E-state index contributed by atoms with van der Waals surface area (Å²) in [4.78, 5) is 21.5. The van der Waals surface area contributed by atoms with Crippen molar-refractivity contribution in [1.29, 1.82) is 0 Å². The van der Waals surface area contributed by atoms with Gasteiger partial charge in [-0.3, -0.25) is 14.9 Å². The highest BCUT2D eigenvalue weighted by Gasteiger charge is 2.23. The zero-order valence-corrected chi connectivity index (χ0v) is 10.7. The predicted molar refractivity (Wildman–Crippen MR) is 66.3 cm³/mol. The first-order valence-corrected chi connectivity index (χ1v) is 5.92. The number of amides is 1. The Kier molecular flexibility index (Phi) is 5.51. The summed E-state index contributed by atoms with van der Waals surface area (Å²) < 4.78 is 26.0. The summed E-state index contributed by atoms with van der Waals surface area (Å²) in [5.41, 5.74) is -1.33. The van der Waals surface area contributed by atoms with E-state index in [1.165, 1.54) is 0 Å². The van der Waals surface area contributed by atoms with Gasteiger partial charge in [0.15, 0.2) is 11.6 Å². The minimum Gasteiger partial charge on any atom is -0.393 e. The second-order valence-electron chi connectivity index (χ2n) is 4.29. The van der Waals surface area contributed by atoms with Crippen molar-refractivity contribution in [2.75, 3.05) is 6.54 Å². The van der Waals surface area contributed by atoms with Gasteiger partial charge >= 0.3 is 0 Å². The lowest BCUT2D eigenvalue weighted by Gasteiger charge is -2.07. The average molecular weight is 288 g/mol. The molecular weight excluding hydrogens is 274 g/mol. The third-order valence-corrected chi connectivity index (χ3v) is 2.56. The maximum Gasteiger partial charge on any atom is 0.285 e. The Labute approximate surface area is 113 Å². The zero-order chi connectivity index (χ0) is 15.3. The molecule has 0 aliphatic rings. The maximum atomic E-state index is 13.1. The van der Waals surface area contributed by atoms with Gasteiger partial charge in [-0.1, -0.05) is 0 Å². The van der Waals surface area contributed by atoms with Gasteiger partial charge in [0.25, 0.3) is 11.6 Å². The molecule has 0 aromatic heterocycles. The Hall–Kier alpha value is -2.09. The first-order chi connectivity index (χ1) is 9.32. The van der Waals surface area contributed by atoms with E-state index in [1.54, 1.807) is 6.92 Å². The van der Waals surface area contributed by atoms with Crippen LogP contribution in [0.1, 0.15) is 30.1 Å². The lowest BCUT2D eigenvalue weighted by molar-refractivity contribution is -0.385. The summed E-state index contributed by atoms with van der Waals surface area (Å²) in [5.74, 6) is -3.58. The van der Waals surface area contributed by atoms with E-state index < -0.39 is 39.8 Å². The molecule has 0 bridgehead atoms. The number of nitrogens with zero attached hydrogens (tertiary/aromatic N) is 1. The Morgan fingerprint density at radius 3 is 2.60 bits per heavy atom. The number of carbonyl (C=O) groups excluding carboxylic acids is 1. The molecule has 20 heavy (non-hydrogen) atoms. The van der Waals surface area contributed by atoms with Crippen LogP contribution in [0, 0.1) is 21.7 Å². The molecule has 0 aliphatic carbocycles. The summed E-state index contributed by atoms with van der Waals surface area (Å²) >= 11 is 0. The normalized spacial score (nSPS) is 12.0. The first-order valence-electron chi connectivity index (χ1n) is 5.92. The average Bonchev–Trinajstić information content (AvgIpc) is 2.36. The van der Waals surface area contributed by atoms with Crippen LogP contribution in [0.15, 0.2) is 12.1 Å². The quantitative estimate of drug-likeness (QED) is 0.474. The highest BCUT2D eigenvalue weighted by molar-refractivity contribution is 5.98. The van der Waals surface area contributed by atoms with Gasteiger partial charge < -0.3 is 10.4 Å². The van der Waals surface area contributed by atoms with E-state index in [-0.39, 0.29) is 6.54 Å². The maximum absolute atomic E-state index is 13.1. The molecule has 0 fully saturated rings. The van der Waals surface area contributed by atoms with Gasteiger partial charge in [-0.25, -0.2) is 8.78 Å². The molecule has 2 N–H and O–H groups in total. The first kappa shape index (κ1) is 16.0. The largest absolute Gasteiger partial charge is 0.393 e. The van der Waals surface area contributed by atoms with Crippen molar-refractivity contribution in [3.05, 3.63) is 39.4 Å². The molecule has 1 rings (SSSR count). The predicted octanol–water partition coefficient (Wildman–Crippen LogP) is 1.76. The van der Waals surface area contributed by atoms with E-state index in [2.05, 4.69) is 5.32 Å². The monoisotopic (exact) mass is 288 g/mol. The zero-order valence-electron chi connectivity index (χ0n) is 10.7. The molecule has 0 aliphatic heterocycles. The van der Waals surface area contributed by atoms with E-state index in [9.17, 15) is 23.7 Å². The van der Waals surface area contributed by atoms with Crippen molar-refractivity contribution < 1.29 is 23.6 Å².